The summed E-state index contributed by atoms with van der Waals surface area (Å²) >= 11 is 6.09. The van der Waals surface area contributed by atoms with Crippen LogP contribution in [0.15, 0.2) is 23.1 Å². The molecule has 1 aromatic rings. The van der Waals surface area contributed by atoms with Gasteiger partial charge in [-0.2, -0.15) is 4.31 Å². The van der Waals surface area contributed by atoms with Crippen LogP contribution in [0.2, 0.25) is 5.02 Å². The van der Waals surface area contributed by atoms with Gasteiger partial charge >= 0.3 is 0 Å². The van der Waals surface area contributed by atoms with Crippen molar-refractivity contribution in [1.82, 2.24) is 14.5 Å². The average Bonchev–Trinajstić information content (AvgIpc) is 2.41. The van der Waals surface area contributed by atoms with Crippen LogP contribution in [-0.4, -0.2) is 57.9 Å². The predicted octanol–water partition coefficient (Wildman–Crippen LogP) is 0.995. The summed E-state index contributed by atoms with van der Waals surface area (Å²) < 4.78 is 26.9. The van der Waals surface area contributed by atoms with Gasteiger partial charge in [0, 0.05) is 32.7 Å². The van der Waals surface area contributed by atoms with E-state index in [0.29, 0.717) is 19.6 Å². The maximum atomic E-state index is 12.7. The molecule has 5 nitrogen and oxygen atoms in total. The number of nitrogens with zero attached hydrogens (tertiary/aromatic N) is 2. The van der Waals surface area contributed by atoms with E-state index in [1.165, 1.54) is 4.31 Å². The molecule has 0 spiro atoms. The summed E-state index contributed by atoms with van der Waals surface area (Å²) in [5, 5.41) is 3.29. The largest absolute Gasteiger partial charge is 0.316 e. The van der Waals surface area contributed by atoms with Crippen LogP contribution in [-0.2, 0) is 16.6 Å². The van der Waals surface area contributed by atoms with Crippen molar-refractivity contribution in [2.45, 2.75) is 11.4 Å². The Balaban J connectivity index is 2.31. The average molecular weight is 318 g/mol. The van der Waals surface area contributed by atoms with E-state index >= 15 is 0 Å². The molecule has 20 heavy (non-hydrogen) atoms. The fraction of sp³-hybridized carbons (Fsp3) is 0.538. The van der Waals surface area contributed by atoms with Gasteiger partial charge < -0.3 is 10.2 Å². The second-order valence-electron chi connectivity index (χ2n) is 5.00. The molecule has 1 aromatic carbocycles. The lowest BCUT2D eigenvalue weighted by molar-refractivity contribution is 0.222. The van der Waals surface area contributed by atoms with Crippen molar-refractivity contribution in [3.05, 3.63) is 28.8 Å². The summed E-state index contributed by atoms with van der Waals surface area (Å²) in [6.07, 6.45) is 0. The van der Waals surface area contributed by atoms with Crippen molar-refractivity contribution in [3.63, 3.8) is 0 Å². The zero-order chi connectivity index (χ0) is 14.8. The molecule has 0 saturated carbocycles. The van der Waals surface area contributed by atoms with Gasteiger partial charge in [0.05, 0.1) is 5.02 Å². The van der Waals surface area contributed by atoms with Crippen LogP contribution >= 0.6 is 11.6 Å². The fourth-order valence-electron chi connectivity index (χ4n) is 2.23. The summed E-state index contributed by atoms with van der Waals surface area (Å²) in [6, 6.07) is 5.14. The first kappa shape index (κ1) is 15.7. The molecular weight excluding hydrogens is 298 g/mol. The normalized spacial score (nSPS) is 18.4. The molecule has 0 radical (unpaired) electrons. The Kier molecular flexibility index (Phi) is 5.04. The first-order chi connectivity index (χ1) is 9.45. The molecule has 1 saturated heterocycles. The predicted molar refractivity (Wildman–Crippen MR) is 80.5 cm³/mol. The van der Waals surface area contributed by atoms with Crippen LogP contribution < -0.4 is 5.32 Å². The minimum Gasteiger partial charge on any atom is -0.316 e. The third-order valence-electron chi connectivity index (χ3n) is 3.46. The number of sulfonamides is 1. The highest BCUT2D eigenvalue weighted by molar-refractivity contribution is 7.89. The number of nitrogens with one attached hydrogen (secondary N) is 1. The van der Waals surface area contributed by atoms with Crippen LogP contribution in [0.4, 0.5) is 0 Å². The van der Waals surface area contributed by atoms with Crippen LogP contribution in [0.3, 0.4) is 0 Å². The third-order valence-corrected chi connectivity index (χ3v) is 5.84. The molecule has 1 N–H and O–H groups in total. The molecule has 1 aliphatic heterocycles. The van der Waals surface area contributed by atoms with Crippen LogP contribution in [0, 0.1) is 0 Å². The van der Waals surface area contributed by atoms with Gasteiger partial charge in [-0.05, 0) is 31.8 Å². The number of benzene rings is 1. The molecule has 1 aliphatic rings. The Labute approximate surface area is 125 Å². The SMILES string of the molecule is CNCc1ccc(Cl)c(S(=O)(=O)N2CCN(C)CC2)c1. The lowest BCUT2D eigenvalue weighted by atomic mass is 10.2. The van der Waals surface area contributed by atoms with Crippen molar-refractivity contribution >= 4 is 21.6 Å². The van der Waals surface area contributed by atoms with E-state index in [-0.39, 0.29) is 9.92 Å². The first-order valence-electron chi connectivity index (χ1n) is 6.57. The molecule has 1 fully saturated rings. The molecule has 112 valence electrons. The quantitative estimate of drug-likeness (QED) is 0.900. The summed E-state index contributed by atoms with van der Waals surface area (Å²) in [5.41, 5.74) is 0.907. The van der Waals surface area contributed by atoms with E-state index in [2.05, 4.69) is 10.2 Å². The molecule has 2 rings (SSSR count). The number of halogens is 1. The lowest BCUT2D eigenvalue weighted by Gasteiger charge is -2.31. The van der Waals surface area contributed by atoms with Gasteiger partial charge in [0.2, 0.25) is 10.0 Å². The Hall–Kier alpha value is -0.660. The summed E-state index contributed by atoms with van der Waals surface area (Å²) in [7, 11) is 0.303. The van der Waals surface area contributed by atoms with E-state index in [9.17, 15) is 8.42 Å². The van der Waals surface area contributed by atoms with Gasteiger partial charge in [-0.1, -0.05) is 17.7 Å². The first-order valence-corrected chi connectivity index (χ1v) is 8.38. The van der Waals surface area contributed by atoms with E-state index in [1.807, 2.05) is 20.2 Å². The Morgan fingerprint density at radius 2 is 1.90 bits per heavy atom. The zero-order valence-electron chi connectivity index (χ0n) is 11.8. The van der Waals surface area contributed by atoms with Crippen LogP contribution in [0.25, 0.3) is 0 Å². The second-order valence-corrected chi connectivity index (χ2v) is 7.32. The fourth-order valence-corrected chi connectivity index (χ4v) is 4.17. The number of hydrogen-bond acceptors (Lipinski definition) is 4. The van der Waals surface area contributed by atoms with Crippen molar-refractivity contribution in [2.24, 2.45) is 0 Å². The van der Waals surface area contributed by atoms with Gasteiger partial charge in [0.15, 0.2) is 0 Å². The van der Waals surface area contributed by atoms with Gasteiger partial charge in [0.25, 0.3) is 0 Å². The van der Waals surface area contributed by atoms with Crippen molar-refractivity contribution < 1.29 is 8.42 Å². The topological polar surface area (TPSA) is 52.7 Å². The maximum absolute atomic E-state index is 12.7. The van der Waals surface area contributed by atoms with Gasteiger partial charge in [-0.3, -0.25) is 0 Å². The second kappa shape index (κ2) is 6.41. The summed E-state index contributed by atoms with van der Waals surface area (Å²) in [5.74, 6) is 0. The number of piperazine rings is 1. The molecule has 0 bridgehead atoms. The van der Waals surface area contributed by atoms with Crippen molar-refractivity contribution in [2.75, 3.05) is 40.3 Å². The van der Waals surface area contributed by atoms with Crippen molar-refractivity contribution in [3.8, 4) is 0 Å². The third kappa shape index (κ3) is 3.32. The summed E-state index contributed by atoms with van der Waals surface area (Å²) in [4.78, 5) is 2.32. The number of likely N-dealkylation sites (N-methyl/N-ethyl adjacent to an activating group) is 1. The minimum absolute atomic E-state index is 0.205. The van der Waals surface area contributed by atoms with Gasteiger partial charge in [0.1, 0.15) is 4.90 Å². The molecule has 0 atom stereocenters. The van der Waals surface area contributed by atoms with E-state index in [4.69, 9.17) is 11.6 Å². The summed E-state index contributed by atoms with van der Waals surface area (Å²) in [6.45, 7) is 3.11. The zero-order valence-corrected chi connectivity index (χ0v) is 13.3. The Morgan fingerprint density at radius 3 is 2.50 bits per heavy atom. The van der Waals surface area contributed by atoms with E-state index < -0.39 is 10.0 Å². The standard InChI is InChI=1S/C13H20ClN3O2S/c1-15-10-11-3-4-12(14)13(9-11)20(18,19)17-7-5-16(2)6-8-17/h3-4,9,15H,5-8,10H2,1-2H3. The molecule has 0 unspecified atom stereocenters. The van der Waals surface area contributed by atoms with Crippen LogP contribution in [0.1, 0.15) is 5.56 Å². The molecule has 0 amide bonds. The number of hydrogen-bond donors (Lipinski definition) is 1. The van der Waals surface area contributed by atoms with Gasteiger partial charge in [-0.25, -0.2) is 8.42 Å². The molecular formula is C13H20ClN3O2S. The number of rotatable bonds is 4. The monoisotopic (exact) mass is 317 g/mol. The highest BCUT2D eigenvalue weighted by atomic mass is 35.5. The van der Waals surface area contributed by atoms with Crippen LogP contribution in [0.5, 0.6) is 0 Å². The lowest BCUT2D eigenvalue weighted by Crippen LogP contribution is -2.47. The molecule has 1 heterocycles. The molecule has 0 aliphatic carbocycles. The van der Waals surface area contributed by atoms with E-state index in [0.717, 1.165) is 18.7 Å². The minimum atomic E-state index is -3.51. The van der Waals surface area contributed by atoms with Crippen molar-refractivity contribution in [1.29, 1.82) is 0 Å². The molecule has 0 aromatic heterocycles. The highest BCUT2D eigenvalue weighted by Crippen LogP contribution is 2.26. The van der Waals surface area contributed by atoms with Gasteiger partial charge in [-0.15, -0.1) is 0 Å². The molecule has 7 heteroatoms. The smallest absolute Gasteiger partial charge is 0.244 e. The van der Waals surface area contributed by atoms with E-state index in [1.54, 1.807) is 12.1 Å². The highest BCUT2D eigenvalue weighted by Gasteiger charge is 2.29. The Bertz CT molecular complexity index is 569. The Morgan fingerprint density at radius 1 is 1.25 bits per heavy atom. The maximum Gasteiger partial charge on any atom is 0.244 e.